The molecule has 0 radical (unpaired) electrons. The van der Waals surface area contributed by atoms with E-state index < -0.39 is 0 Å². The molecule has 0 aromatic carbocycles. The SMILES string of the molecule is C=CC(=C\C=C/C)/C(OC)=C1\C(C)CC2CC(C)CC1C2.CC. The fraction of sp³-hybridized carbons (Fsp3) is 0.636. The molecule has 2 fully saturated rings. The van der Waals surface area contributed by atoms with Crippen molar-refractivity contribution in [2.75, 3.05) is 7.11 Å². The molecule has 4 unspecified atom stereocenters. The van der Waals surface area contributed by atoms with E-state index >= 15 is 0 Å². The van der Waals surface area contributed by atoms with Crippen molar-refractivity contribution in [3.63, 3.8) is 0 Å². The molecular formula is C22H36O. The number of rotatable bonds is 4. The molecule has 2 aliphatic carbocycles. The van der Waals surface area contributed by atoms with Crippen molar-refractivity contribution in [2.24, 2.45) is 23.7 Å². The lowest BCUT2D eigenvalue weighted by molar-refractivity contribution is 0.151. The summed E-state index contributed by atoms with van der Waals surface area (Å²) in [6.07, 6.45) is 13.6. The largest absolute Gasteiger partial charge is 0.496 e. The first-order valence-electron chi connectivity index (χ1n) is 9.34. The standard InChI is InChI=1S/C20H30O.C2H6/c1-6-8-9-17(7-2)20(21-5)19-15(4)12-16-10-14(3)11-18(19)13-16;1-2/h6-9,14-16,18H,2,10-13H2,1,3-5H3;1-2H3/b8-6-,17-9+,20-19-;. The molecule has 2 saturated carbocycles. The molecule has 0 amide bonds. The van der Waals surface area contributed by atoms with Crippen molar-refractivity contribution in [3.8, 4) is 0 Å². The van der Waals surface area contributed by atoms with Crippen LogP contribution in [0.3, 0.4) is 0 Å². The highest BCUT2D eigenvalue weighted by Crippen LogP contribution is 2.49. The van der Waals surface area contributed by atoms with Crippen LogP contribution in [0.5, 0.6) is 0 Å². The molecule has 0 aliphatic heterocycles. The van der Waals surface area contributed by atoms with E-state index in [1.807, 2.05) is 32.9 Å². The van der Waals surface area contributed by atoms with Gasteiger partial charge in [-0.1, -0.05) is 58.6 Å². The highest BCUT2D eigenvalue weighted by Gasteiger charge is 2.38. The van der Waals surface area contributed by atoms with Gasteiger partial charge in [0, 0.05) is 5.57 Å². The molecule has 0 aromatic rings. The van der Waals surface area contributed by atoms with Gasteiger partial charge in [0.05, 0.1) is 7.11 Å². The zero-order valence-corrected chi connectivity index (χ0v) is 16.1. The fourth-order valence-corrected chi connectivity index (χ4v) is 4.47. The molecule has 23 heavy (non-hydrogen) atoms. The summed E-state index contributed by atoms with van der Waals surface area (Å²) in [7, 11) is 1.81. The maximum absolute atomic E-state index is 5.84. The molecule has 0 N–H and O–H groups in total. The van der Waals surface area contributed by atoms with Crippen molar-refractivity contribution >= 4 is 0 Å². The zero-order valence-electron chi connectivity index (χ0n) is 16.1. The number of methoxy groups -OCH3 is 1. The van der Waals surface area contributed by atoms with Crippen molar-refractivity contribution in [1.29, 1.82) is 0 Å². The van der Waals surface area contributed by atoms with E-state index in [2.05, 4.69) is 32.6 Å². The summed E-state index contributed by atoms with van der Waals surface area (Å²) >= 11 is 0. The highest BCUT2D eigenvalue weighted by atomic mass is 16.5. The third-order valence-electron chi connectivity index (χ3n) is 5.11. The third kappa shape index (κ3) is 4.86. The van der Waals surface area contributed by atoms with Gasteiger partial charge >= 0.3 is 0 Å². The molecule has 0 aromatic heterocycles. The molecular weight excluding hydrogens is 280 g/mol. The minimum absolute atomic E-state index is 0.630. The van der Waals surface area contributed by atoms with E-state index in [0.29, 0.717) is 11.8 Å². The van der Waals surface area contributed by atoms with Crippen LogP contribution in [0.4, 0.5) is 0 Å². The monoisotopic (exact) mass is 316 g/mol. The lowest BCUT2D eigenvalue weighted by Gasteiger charge is -2.43. The number of fused-ring (bicyclic) bond motifs is 2. The minimum atomic E-state index is 0.630. The molecule has 2 bridgehead atoms. The van der Waals surface area contributed by atoms with E-state index in [1.54, 1.807) is 7.11 Å². The van der Waals surface area contributed by atoms with Crippen LogP contribution in [0.1, 0.15) is 60.3 Å². The Morgan fingerprint density at radius 3 is 2.39 bits per heavy atom. The first kappa shape index (κ1) is 19.8. The first-order chi connectivity index (χ1) is 11.1. The van der Waals surface area contributed by atoms with Crippen LogP contribution < -0.4 is 0 Å². The second-order valence-electron chi connectivity index (χ2n) is 6.85. The van der Waals surface area contributed by atoms with E-state index in [9.17, 15) is 0 Å². The summed E-state index contributed by atoms with van der Waals surface area (Å²) in [5.74, 6) is 4.17. The van der Waals surface area contributed by atoms with E-state index in [0.717, 1.165) is 23.2 Å². The van der Waals surface area contributed by atoms with Gasteiger partial charge in [0.25, 0.3) is 0 Å². The molecule has 1 heteroatoms. The normalized spacial score (nSPS) is 32.9. The Labute approximate surface area is 144 Å². The van der Waals surface area contributed by atoms with Crippen LogP contribution in [0.15, 0.2) is 47.8 Å². The lowest BCUT2D eigenvalue weighted by Crippen LogP contribution is -2.32. The average Bonchev–Trinajstić information content (AvgIpc) is 2.54. The van der Waals surface area contributed by atoms with Crippen LogP contribution >= 0.6 is 0 Å². The van der Waals surface area contributed by atoms with Crippen molar-refractivity contribution in [1.82, 2.24) is 0 Å². The Kier molecular flexibility index (Phi) is 8.44. The Morgan fingerprint density at radius 2 is 1.83 bits per heavy atom. The van der Waals surface area contributed by atoms with Gasteiger partial charge in [0.15, 0.2) is 0 Å². The average molecular weight is 317 g/mol. The van der Waals surface area contributed by atoms with Crippen LogP contribution in [-0.4, -0.2) is 7.11 Å². The third-order valence-corrected chi connectivity index (χ3v) is 5.11. The Hall–Kier alpha value is -1.24. The molecule has 2 rings (SSSR count). The number of hydrogen-bond donors (Lipinski definition) is 0. The fourth-order valence-electron chi connectivity index (χ4n) is 4.47. The van der Waals surface area contributed by atoms with Crippen molar-refractivity contribution < 1.29 is 4.74 Å². The predicted molar refractivity (Wildman–Crippen MR) is 102 cm³/mol. The van der Waals surface area contributed by atoms with Crippen LogP contribution in [0, 0.1) is 23.7 Å². The van der Waals surface area contributed by atoms with E-state index in [1.165, 1.54) is 31.3 Å². The van der Waals surface area contributed by atoms with Crippen LogP contribution in [-0.2, 0) is 4.74 Å². The van der Waals surface area contributed by atoms with Gasteiger partial charge < -0.3 is 4.74 Å². The maximum atomic E-state index is 5.84. The summed E-state index contributed by atoms with van der Waals surface area (Å²) in [6.45, 7) is 14.8. The van der Waals surface area contributed by atoms with Gasteiger partial charge in [-0.15, -0.1) is 0 Å². The van der Waals surface area contributed by atoms with Gasteiger partial charge in [-0.2, -0.15) is 0 Å². The number of ether oxygens (including phenoxy) is 1. The van der Waals surface area contributed by atoms with E-state index in [-0.39, 0.29) is 0 Å². The lowest BCUT2D eigenvalue weighted by atomic mass is 9.62. The molecule has 0 saturated heterocycles. The van der Waals surface area contributed by atoms with Crippen LogP contribution in [0.2, 0.25) is 0 Å². The van der Waals surface area contributed by atoms with Crippen LogP contribution in [0.25, 0.3) is 0 Å². The molecule has 1 nitrogen and oxygen atoms in total. The Bertz CT molecular complexity index is 462. The second kappa shape index (κ2) is 9.80. The molecule has 0 spiro atoms. The quantitative estimate of drug-likeness (QED) is 0.414. The summed E-state index contributed by atoms with van der Waals surface area (Å²) in [6, 6.07) is 0. The topological polar surface area (TPSA) is 9.23 Å². The van der Waals surface area contributed by atoms with Crippen molar-refractivity contribution in [3.05, 3.63) is 47.8 Å². The maximum Gasteiger partial charge on any atom is 0.125 e. The summed E-state index contributed by atoms with van der Waals surface area (Å²) < 4.78 is 5.84. The summed E-state index contributed by atoms with van der Waals surface area (Å²) in [4.78, 5) is 0. The molecule has 130 valence electrons. The number of allylic oxidation sites excluding steroid dienone is 5. The predicted octanol–water partition coefficient (Wildman–Crippen LogP) is 6.69. The van der Waals surface area contributed by atoms with Crippen molar-refractivity contribution in [2.45, 2.75) is 60.3 Å². The Balaban J connectivity index is 0.00000127. The van der Waals surface area contributed by atoms with Gasteiger partial charge in [0.1, 0.15) is 5.76 Å². The minimum Gasteiger partial charge on any atom is -0.496 e. The zero-order chi connectivity index (χ0) is 17.4. The summed E-state index contributed by atoms with van der Waals surface area (Å²) in [5, 5.41) is 0. The molecule has 2 aliphatic rings. The molecule has 0 heterocycles. The Morgan fingerprint density at radius 1 is 1.13 bits per heavy atom. The van der Waals surface area contributed by atoms with Gasteiger partial charge in [-0.25, -0.2) is 0 Å². The second-order valence-corrected chi connectivity index (χ2v) is 6.85. The molecule has 4 atom stereocenters. The number of hydrogen-bond acceptors (Lipinski definition) is 1. The van der Waals surface area contributed by atoms with Gasteiger partial charge in [-0.05, 0) is 61.9 Å². The smallest absolute Gasteiger partial charge is 0.125 e. The van der Waals surface area contributed by atoms with Gasteiger partial charge in [-0.3, -0.25) is 0 Å². The first-order valence-corrected chi connectivity index (χ1v) is 9.34. The van der Waals surface area contributed by atoms with E-state index in [4.69, 9.17) is 4.74 Å². The highest BCUT2D eigenvalue weighted by molar-refractivity contribution is 5.42. The summed E-state index contributed by atoms with van der Waals surface area (Å²) in [5.41, 5.74) is 2.66. The van der Waals surface area contributed by atoms with Gasteiger partial charge in [0.2, 0.25) is 0 Å².